The quantitative estimate of drug-likeness (QED) is 0.318. The van der Waals surface area contributed by atoms with Crippen LogP contribution in [0.3, 0.4) is 0 Å². The number of hydrogen-bond donors (Lipinski definition) is 0. The molecule has 1 aromatic heterocycles. The molecule has 5 rings (SSSR count). The van der Waals surface area contributed by atoms with Crippen molar-refractivity contribution in [1.29, 1.82) is 0 Å². The number of nitrogens with zero attached hydrogens (tertiary/aromatic N) is 4. The van der Waals surface area contributed by atoms with Crippen molar-refractivity contribution in [2.75, 3.05) is 31.1 Å². The Balaban J connectivity index is 1.26. The number of nitro benzene ring substituents is 1. The van der Waals surface area contributed by atoms with Gasteiger partial charge in [0.2, 0.25) is 0 Å². The molecule has 0 unspecified atom stereocenters. The van der Waals surface area contributed by atoms with E-state index in [1.54, 1.807) is 36.4 Å². The van der Waals surface area contributed by atoms with Gasteiger partial charge in [-0.25, -0.2) is 0 Å². The minimum Gasteiger partial charge on any atom is -0.456 e. The van der Waals surface area contributed by atoms with Gasteiger partial charge in [-0.05, 0) is 42.1 Å². The minimum atomic E-state index is -0.440. The number of hydrogen-bond acceptors (Lipinski definition) is 7. The summed E-state index contributed by atoms with van der Waals surface area (Å²) in [5.41, 5.74) is 1.56. The van der Waals surface area contributed by atoms with Gasteiger partial charge in [0, 0.05) is 44.0 Å². The first-order valence-electron chi connectivity index (χ1n) is 10.5. The zero-order valence-corrected chi connectivity index (χ0v) is 18.4. The number of rotatable bonds is 4. The van der Waals surface area contributed by atoms with E-state index in [-0.39, 0.29) is 11.6 Å². The van der Waals surface area contributed by atoms with Crippen LogP contribution in [0.4, 0.5) is 11.4 Å². The lowest BCUT2D eigenvalue weighted by Crippen LogP contribution is -2.47. The van der Waals surface area contributed by atoms with Crippen LogP contribution in [0.1, 0.15) is 5.76 Å². The number of aliphatic imine (C=N–C) groups is 1. The van der Waals surface area contributed by atoms with Crippen LogP contribution in [0, 0.1) is 10.1 Å². The molecule has 166 valence electrons. The second kappa shape index (κ2) is 8.95. The normalized spacial score (nSPS) is 17.5. The van der Waals surface area contributed by atoms with E-state index in [1.807, 2.05) is 18.2 Å². The fourth-order valence-electron chi connectivity index (χ4n) is 3.87. The van der Waals surface area contributed by atoms with Crippen molar-refractivity contribution in [2.24, 2.45) is 4.99 Å². The number of para-hydroxylation sites is 2. The van der Waals surface area contributed by atoms with Gasteiger partial charge in [0.1, 0.15) is 11.5 Å². The summed E-state index contributed by atoms with van der Waals surface area (Å²) in [6.07, 6.45) is 1.64. The van der Waals surface area contributed by atoms with Crippen molar-refractivity contribution in [1.82, 2.24) is 4.90 Å². The van der Waals surface area contributed by atoms with Crippen LogP contribution in [0.15, 0.2) is 81.0 Å². The van der Waals surface area contributed by atoms with Gasteiger partial charge in [-0.2, -0.15) is 4.99 Å². The molecule has 0 spiro atoms. The van der Waals surface area contributed by atoms with Crippen molar-refractivity contribution >= 4 is 40.3 Å². The number of thioether (sulfide) groups is 1. The average Bonchev–Trinajstić information content (AvgIpc) is 3.47. The van der Waals surface area contributed by atoms with Crippen molar-refractivity contribution in [3.05, 3.63) is 87.5 Å². The standard InChI is InChI=1S/C24H20N4O4S/c29-23-22(16-18-10-11-21(32-18)19-8-4-5-9-20(19)28(30)31)33-24(25-23)27-14-12-26(13-15-27)17-6-2-1-3-7-17/h1-11,16H,12-15H2. The fraction of sp³-hybridized carbons (Fsp3) is 0.167. The Morgan fingerprint density at radius 2 is 1.64 bits per heavy atom. The van der Waals surface area contributed by atoms with E-state index in [2.05, 4.69) is 26.9 Å². The summed E-state index contributed by atoms with van der Waals surface area (Å²) in [5.74, 6) is 0.524. The minimum absolute atomic E-state index is 0.0300. The Morgan fingerprint density at radius 3 is 2.39 bits per heavy atom. The van der Waals surface area contributed by atoms with E-state index < -0.39 is 4.92 Å². The number of carbonyl (C=O) groups is 1. The summed E-state index contributed by atoms with van der Waals surface area (Å²) in [6.45, 7) is 3.27. The van der Waals surface area contributed by atoms with Gasteiger partial charge in [-0.1, -0.05) is 30.3 Å². The first kappa shape index (κ1) is 21.0. The Labute approximate surface area is 194 Å². The molecule has 1 amide bonds. The van der Waals surface area contributed by atoms with Crippen LogP contribution in [0.5, 0.6) is 0 Å². The molecule has 9 heteroatoms. The zero-order chi connectivity index (χ0) is 22.8. The van der Waals surface area contributed by atoms with Crippen LogP contribution >= 0.6 is 11.8 Å². The smallest absolute Gasteiger partial charge is 0.286 e. The topological polar surface area (TPSA) is 92.2 Å². The number of anilines is 1. The Hall–Kier alpha value is -3.85. The number of furan rings is 1. The third kappa shape index (κ3) is 4.40. The van der Waals surface area contributed by atoms with Crippen LogP contribution in [0.2, 0.25) is 0 Å². The number of carbonyl (C=O) groups excluding carboxylic acids is 1. The molecule has 2 aliphatic rings. The predicted octanol–water partition coefficient (Wildman–Crippen LogP) is 4.65. The first-order chi connectivity index (χ1) is 16.1. The van der Waals surface area contributed by atoms with Crippen molar-refractivity contribution in [3.63, 3.8) is 0 Å². The van der Waals surface area contributed by atoms with Crippen LogP contribution < -0.4 is 4.90 Å². The molecule has 0 bridgehead atoms. The van der Waals surface area contributed by atoms with Gasteiger partial charge in [0.05, 0.1) is 15.4 Å². The molecule has 1 saturated heterocycles. The van der Waals surface area contributed by atoms with Gasteiger partial charge in [0.15, 0.2) is 5.17 Å². The van der Waals surface area contributed by atoms with Crippen LogP contribution in [0.25, 0.3) is 17.4 Å². The molecule has 3 aromatic rings. The maximum absolute atomic E-state index is 12.5. The number of benzene rings is 2. The summed E-state index contributed by atoms with van der Waals surface area (Å²) in [6, 6.07) is 20.0. The number of amides is 1. The molecule has 0 radical (unpaired) electrons. The predicted molar refractivity (Wildman–Crippen MR) is 129 cm³/mol. The largest absolute Gasteiger partial charge is 0.456 e. The summed E-state index contributed by atoms with van der Waals surface area (Å²) in [7, 11) is 0. The second-order valence-corrected chi connectivity index (χ2v) is 8.61. The third-order valence-corrected chi connectivity index (χ3v) is 6.59. The van der Waals surface area contributed by atoms with Gasteiger partial charge in [-0.3, -0.25) is 14.9 Å². The Bertz CT molecular complexity index is 1260. The average molecular weight is 461 g/mol. The lowest BCUT2D eigenvalue weighted by Gasteiger charge is -2.36. The van der Waals surface area contributed by atoms with Crippen molar-refractivity contribution < 1.29 is 14.1 Å². The van der Waals surface area contributed by atoms with E-state index in [9.17, 15) is 14.9 Å². The maximum atomic E-state index is 12.5. The fourth-order valence-corrected chi connectivity index (χ4v) is 4.82. The molecule has 2 aromatic carbocycles. The third-order valence-electron chi connectivity index (χ3n) is 5.55. The highest BCUT2D eigenvalue weighted by atomic mass is 32.2. The monoisotopic (exact) mass is 460 g/mol. The van der Waals surface area contributed by atoms with E-state index in [0.29, 0.717) is 27.2 Å². The van der Waals surface area contributed by atoms with Gasteiger partial charge in [-0.15, -0.1) is 0 Å². The van der Waals surface area contributed by atoms with E-state index in [1.165, 1.54) is 23.5 Å². The van der Waals surface area contributed by atoms with Crippen molar-refractivity contribution in [3.8, 4) is 11.3 Å². The highest BCUT2D eigenvalue weighted by Gasteiger charge is 2.29. The zero-order valence-electron chi connectivity index (χ0n) is 17.6. The Kier molecular flexibility index (Phi) is 5.70. The van der Waals surface area contributed by atoms with Gasteiger partial charge < -0.3 is 14.2 Å². The molecule has 8 nitrogen and oxygen atoms in total. The highest BCUT2D eigenvalue weighted by Crippen LogP contribution is 2.34. The molecule has 0 N–H and O–H groups in total. The molecule has 1 fully saturated rings. The molecule has 0 saturated carbocycles. The molecular formula is C24H20N4O4S. The summed E-state index contributed by atoms with van der Waals surface area (Å²) >= 11 is 1.33. The highest BCUT2D eigenvalue weighted by molar-refractivity contribution is 8.18. The molecule has 0 aliphatic carbocycles. The van der Waals surface area contributed by atoms with Crippen molar-refractivity contribution in [2.45, 2.75) is 0 Å². The van der Waals surface area contributed by atoms with E-state index in [0.717, 1.165) is 26.2 Å². The van der Waals surface area contributed by atoms with E-state index in [4.69, 9.17) is 4.42 Å². The number of nitro groups is 1. The lowest BCUT2D eigenvalue weighted by molar-refractivity contribution is -0.384. The molecular weight excluding hydrogens is 440 g/mol. The van der Waals surface area contributed by atoms with Gasteiger partial charge in [0.25, 0.3) is 11.6 Å². The number of amidine groups is 1. The SMILES string of the molecule is O=C1N=C(N2CCN(c3ccccc3)CC2)SC1=Cc1ccc(-c2ccccc2[N+](=O)[O-])o1. The Morgan fingerprint density at radius 1 is 0.939 bits per heavy atom. The molecule has 0 atom stereocenters. The summed E-state index contributed by atoms with van der Waals surface area (Å²) in [5, 5.41) is 12.0. The lowest BCUT2D eigenvalue weighted by atomic mass is 10.1. The second-order valence-electron chi connectivity index (χ2n) is 7.60. The van der Waals surface area contributed by atoms with Crippen LogP contribution in [-0.2, 0) is 4.79 Å². The summed E-state index contributed by atoms with van der Waals surface area (Å²) in [4.78, 5) is 32.5. The molecule has 33 heavy (non-hydrogen) atoms. The van der Waals surface area contributed by atoms with Crippen LogP contribution in [-0.4, -0.2) is 47.1 Å². The maximum Gasteiger partial charge on any atom is 0.286 e. The molecule has 3 heterocycles. The van der Waals surface area contributed by atoms with E-state index >= 15 is 0 Å². The van der Waals surface area contributed by atoms with Gasteiger partial charge >= 0.3 is 0 Å². The number of piperazine rings is 1. The molecule has 2 aliphatic heterocycles. The first-order valence-corrected chi connectivity index (χ1v) is 11.3. The summed E-state index contributed by atoms with van der Waals surface area (Å²) < 4.78 is 5.80.